The molecule has 0 bridgehead atoms. The van der Waals surface area contributed by atoms with Gasteiger partial charge in [-0.2, -0.15) is 0 Å². The van der Waals surface area contributed by atoms with Gasteiger partial charge >= 0.3 is 0 Å². The Hall–Kier alpha value is -3.81. The summed E-state index contributed by atoms with van der Waals surface area (Å²) in [6.07, 6.45) is 1.61. The number of aliphatic imine (C=N–C) groups is 1. The van der Waals surface area contributed by atoms with Gasteiger partial charge in [0.05, 0.1) is 25.3 Å². The first-order valence-electron chi connectivity index (χ1n) is 10.5. The van der Waals surface area contributed by atoms with Crippen LogP contribution >= 0.6 is 0 Å². The number of fused-ring (bicyclic) bond motifs is 3. The Morgan fingerprint density at radius 1 is 1.15 bits per heavy atom. The Bertz CT molecular complexity index is 1320. The van der Waals surface area contributed by atoms with E-state index in [1.807, 2.05) is 6.92 Å². The van der Waals surface area contributed by atoms with Crippen molar-refractivity contribution in [2.45, 2.75) is 19.4 Å². The van der Waals surface area contributed by atoms with Gasteiger partial charge in [0.2, 0.25) is 5.91 Å². The van der Waals surface area contributed by atoms with Gasteiger partial charge in [0, 0.05) is 44.0 Å². The predicted molar refractivity (Wildman–Crippen MR) is 124 cm³/mol. The molecule has 0 radical (unpaired) electrons. The fourth-order valence-corrected chi connectivity index (χ4v) is 4.01. The molecular formula is C25H25F2N3O3. The third-order valence-electron chi connectivity index (χ3n) is 5.61. The van der Waals surface area contributed by atoms with Crippen LogP contribution in [-0.4, -0.2) is 29.8 Å². The summed E-state index contributed by atoms with van der Waals surface area (Å²) in [7, 11) is 2.97. The van der Waals surface area contributed by atoms with E-state index in [1.165, 1.54) is 42.0 Å². The van der Waals surface area contributed by atoms with E-state index < -0.39 is 17.7 Å². The molecule has 1 N–H and O–H groups in total. The smallest absolute Gasteiger partial charge is 0.250 e. The number of rotatable bonds is 5. The number of hydrogen-bond donors (Lipinski definition) is 1. The molecule has 0 unspecified atom stereocenters. The highest BCUT2D eigenvalue weighted by atomic mass is 19.1. The average Bonchev–Trinajstić information content (AvgIpc) is 2.90. The number of halogens is 2. The number of carbonyl (C=O) groups excluding carboxylic acids is 1. The van der Waals surface area contributed by atoms with Crippen LogP contribution in [0.1, 0.15) is 37.5 Å². The minimum Gasteiger partial charge on any atom is -0.494 e. The second-order valence-electron chi connectivity index (χ2n) is 7.78. The molecule has 0 saturated heterocycles. The molecule has 0 saturated carbocycles. The number of pyridine rings is 1. The van der Waals surface area contributed by atoms with Crippen LogP contribution in [-0.2, 0) is 11.8 Å². The highest BCUT2D eigenvalue weighted by Gasteiger charge is 2.29. The number of aromatic nitrogens is 1. The maximum atomic E-state index is 14.8. The minimum atomic E-state index is -0.707. The molecule has 0 spiro atoms. The molecule has 0 fully saturated rings. The molecule has 2 aromatic carbocycles. The van der Waals surface area contributed by atoms with Crippen molar-refractivity contribution in [1.29, 1.82) is 0 Å². The molecule has 33 heavy (non-hydrogen) atoms. The van der Waals surface area contributed by atoms with Gasteiger partial charge in [-0.3, -0.25) is 14.6 Å². The zero-order valence-corrected chi connectivity index (χ0v) is 18.5. The minimum absolute atomic E-state index is 0. The van der Waals surface area contributed by atoms with Crippen LogP contribution in [0.4, 0.5) is 8.78 Å². The van der Waals surface area contributed by atoms with Crippen LogP contribution in [0.25, 0.3) is 11.1 Å². The standard InChI is InChI=1S/C25H23F2N3O3.H2/c1-4-28-23(31)12-21-17-11-24(32)30(2)13-19(17)16-9-20(27)22(33-3)10-18(16)25(29-21)14-5-7-15(26)8-6-14;/h5-11,13,21H,4,12H2,1-3H3,(H,28,31);1H/t21-;/m0./s1. The molecule has 4 rings (SSSR count). The fourth-order valence-electron chi connectivity index (χ4n) is 4.01. The van der Waals surface area contributed by atoms with E-state index in [1.54, 1.807) is 25.4 Å². The summed E-state index contributed by atoms with van der Waals surface area (Å²) in [5, 5.41) is 2.76. The predicted octanol–water partition coefficient (Wildman–Crippen LogP) is 4.00. The molecule has 0 aliphatic carbocycles. The van der Waals surface area contributed by atoms with Gasteiger partial charge in [-0.25, -0.2) is 8.78 Å². The van der Waals surface area contributed by atoms with Crippen LogP contribution in [0.3, 0.4) is 0 Å². The van der Waals surface area contributed by atoms with E-state index in [0.29, 0.717) is 40.1 Å². The Balaban J connectivity index is 0.00000324. The fraction of sp³-hybridized carbons (Fsp3) is 0.240. The number of amides is 1. The maximum Gasteiger partial charge on any atom is 0.250 e. The van der Waals surface area contributed by atoms with E-state index in [2.05, 4.69) is 5.32 Å². The van der Waals surface area contributed by atoms with Crippen LogP contribution in [0, 0.1) is 11.6 Å². The average molecular weight is 453 g/mol. The number of benzene rings is 2. The van der Waals surface area contributed by atoms with Crippen molar-refractivity contribution in [3.05, 3.63) is 87.3 Å². The van der Waals surface area contributed by atoms with Gasteiger partial charge in [0.25, 0.3) is 5.56 Å². The Morgan fingerprint density at radius 3 is 2.55 bits per heavy atom. The van der Waals surface area contributed by atoms with Crippen molar-refractivity contribution in [2.24, 2.45) is 12.0 Å². The van der Waals surface area contributed by atoms with Crippen molar-refractivity contribution in [2.75, 3.05) is 13.7 Å². The highest BCUT2D eigenvalue weighted by molar-refractivity contribution is 6.17. The summed E-state index contributed by atoms with van der Waals surface area (Å²) in [4.78, 5) is 29.9. The highest BCUT2D eigenvalue weighted by Crippen LogP contribution is 2.40. The van der Waals surface area contributed by atoms with Gasteiger partial charge in [-0.15, -0.1) is 0 Å². The van der Waals surface area contributed by atoms with Crippen molar-refractivity contribution in [3.8, 4) is 16.9 Å². The van der Waals surface area contributed by atoms with E-state index in [-0.39, 0.29) is 25.1 Å². The SMILES string of the molecule is CCNC(=O)C[C@@H]1N=C(c2ccc(F)cc2)c2cc(OC)c(F)cc2-c2cn(C)c(=O)cc21.[HH]. The third-order valence-corrected chi connectivity index (χ3v) is 5.61. The second kappa shape index (κ2) is 8.97. The zero-order chi connectivity index (χ0) is 23.7. The molecule has 172 valence electrons. The lowest BCUT2D eigenvalue weighted by atomic mass is 9.91. The molecular weight excluding hydrogens is 428 g/mol. The van der Waals surface area contributed by atoms with Crippen LogP contribution in [0.2, 0.25) is 0 Å². The van der Waals surface area contributed by atoms with Crippen LogP contribution in [0.5, 0.6) is 5.75 Å². The molecule has 2 heterocycles. The molecule has 8 heteroatoms. The first kappa shape index (κ1) is 22.4. The molecule has 6 nitrogen and oxygen atoms in total. The van der Waals surface area contributed by atoms with Crippen molar-refractivity contribution in [1.82, 2.24) is 9.88 Å². The molecule has 1 atom stereocenters. The van der Waals surface area contributed by atoms with Gasteiger partial charge in [-0.05, 0) is 54.4 Å². The maximum absolute atomic E-state index is 14.8. The number of carbonyl (C=O) groups is 1. The molecule has 1 aliphatic rings. The van der Waals surface area contributed by atoms with Crippen LogP contribution in [0.15, 0.2) is 58.4 Å². The second-order valence-corrected chi connectivity index (χ2v) is 7.78. The number of nitrogens with one attached hydrogen (secondary N) is 1. The number of methoxy groups -OCH3 is 1. The molecule has 1 aliphatic heterocycles. The van der Waals surface area contributed by atoms with Crippen molar-refractivity contribution in [3.63, 3.8) is 0 Å². The zero-order valence-electron chi connectivity index (χ0n) is 18.5. The summed E-state index contributed by atoms with van der Waals surface area (Å²) in [5.74, 6) is -1.19. The Kier molecular flexibility index (Phi) is 6.09. The Morgan fingerprint density at radius 2 is 1.88 bits per heavy atom. The quantitative estimate of drug-likeness (QED) is 0.635. The number of aryl methyl sites for hydroxylation is 1. The third kappa shape index (κ3) is 4.28. The van der Waals surface area contributed by atoms with Gasteiger partial charge in [0.15, 0.2) is 11.6 Å². The summed E-state index contributed by atoms with van der Waals surface area (Å²) in [6.45, 7) is 2.26. The van der Waals surface area contributed by atoms with E-state index >= 15 is 0 Å². The lowest BCUT2D eigenvalue weighted by molar-refractivity contribution is -0.121. The van der Waals surface area contributed by atoms with Gasteiger partial charge < -0.3 is 14.6 Å². The molecule has 1 amide bonds. The van der Waals surface area contributed by atoms with Crippen molar-refractivity contribution >= 4 is 11.6 Å². The molecule has 3 aromatic rings. The summed E-state index contributed by atoms with van der Waals surface area (Å²) in [5.41, 5.74) is 2.93. The summed E-state index contributed by atoms with van der Waals surface area (Å²) < 4.78 is 35.1. The number of nitrogens with zero attached hydrogens (tertiary/aromatic N) is 2. The Labute approximate surface area is 191 Å². The van der Waals surface area contributed by atoms with Crippen LogP contribution < -0.4 is 15.6 Å². The summed E-state index contributed by atoms with van der Waals surface area (Å²) in [6, 6.07) is 9.37. The summed E-state index contributed by atoms with van der Waals surface area (Å²) >= 11 is 0. The lowest BCUT2D eigenvalue weighted by Crippen LogP contribution is -2.25. The number of hydrogen-bond acceptors (Lipinski definition) is 4. The molecule has 1 aromatic heterocycles. The first-order valence-corrected chi connectivity index (χ1v) is 10.5. The van der Waals surface area contributed by atoms with Crippen molar-refractivity contribution < 1.29 is 19.7 Å². The first-order chi connectivity index (χ1) is 15.8. The normalized spacial score (nSPS) is 14.6. The van der Waals surface area contributed by atoms with E-state index in [4.69, 9.17) is 9.73 Å². The largest absolute Gasteiger partial charge is 0.494 e. The van der Waals surface area contributed by atoms with Gasteiger partial charge in [-0.1, -0.05) is 0 Å². The van der Waals surface area contributed by atoms with E-state index in [9.17, 15) is 18.4 Å². The topological polar surface area (TPSA) is 72.7 Å². The van der Waals surface area contributed by atoms with E-state index in [0.717, 1.165) is 0 Å². The number of ether oxygens (including phenoxy) is 1. The monoisotopic (exact) mass is 453 g/mol. The van der Waals surface area contributed by atoms with Gasteiger partial charge in [0.1, 0.15) is 5.82 Å². The lowest BCUT2D eigenvalue weighted by Gasteiger charge is -2.16.